The van der Waals surface area contributed by atoms with Crippen molar-refractivity contribution in [2.45, 2.75) is 76.8 Å². The highest BCUT2D eigenvalue weighted by molar-refractivity contribution is 5.47. The molecule has 3 rings (SSSR count). The minimum absolute atomic E-state index is 0.278. The zero-order valence-electron chi connectivity index (χ0n) is 13.1. The monoisotopic (exact) mass is 301 g/mol. The van der Waals surface area contributed by atoms with Gasteiger partial charge in [-0.25, -0.2) is 0 Å². The molecule has 0 N–H and O–H groups in total. The predicted octanol–water partition coefficient (Wildman–Crippen LogP) is 0.984. The molecule has 0 aliphatic carbocycles. The second-order valence-corrected chi connectivity index (χ2v) is 6.54. The van der Waals surface area contributed by atoms with Crippen LogP contribution in [0.4, 0.5) is 0 Å². The van der Waals surface area contributed by atoms with Crippen molar-refractivity contribution < 1.29 is 28.4 Å². The molecule has 120 valence electrons. The van der Waals surface area contributed by atoms with Crippen LogP contribution in [0, 0.1) is 5.21 Å². The molecule has 0 amide bonds. The highest BCUT2D eigenvalue weighted by Gasteiger charge is 2.62. The van der Waals surface area contributed by atoms with E-state index in [0.29, 0.717) is 6.61 Å². The van der Waals surface area contributed by atoms with Gasteiger partial charge in [-0.15, -0.1) is 0 Å². The summed E-state index contributed by atoms with van der Waals surface area (Å²) in [5.41, 5.74) is 0. The van der Waals surface area contributed by atoms with Crippen LogP contribution in [0.3, 0.4) is 0 Å². The van der Waals surface area contributed by atoms with Crippen molar-refractivity contribution >= 4 is 6.21 Å². The van der Waals surface area contributed by atoms with Crippen molar-refractivity contribution in [2.75, 3.05) is 6.61 Å². The van der Waals surface area contributed by atoms with Gasteiger partial charge in [-0.2, -0.15) is 4.74 Å². The van der Waals surface area contributed by atoms with E-state index in [1.165, 1.54) is 6.21 Å². The third-order valence-electron chi connectivity index (χ3n) is 3.97. The Bertz CT molecular complexity index is 449. The quantitative estimate of drug-likeness (QED) is 0.328. The summed E-state index contributed by atoms with van der Waals surface area (Å²) in [5, 5.41) is 12.0. The van der Waals surface area contributed by atoms with Gasteiger partial charge in [0.15, 0.2) is 23.9 Å². The zero-order valence-corrected chi connectivity index (χ0v) is 13.1. The topological polar surface area (TPSA) is 72.2 Å². The van der Waals surface area contributed by atoms with Crippen LogP contribution in [0.5, 0.6) is 0 Å². The normalized spacial score (nSPS) is 45.0. The van der Waals surface area contributed by atoms with Crippen LogP contribution in [0.15, 0.2) is 0 Å². The lowest BCUT2D eigenvalue weighted by Crippen LogP contribution is -2.40. The minimum Gasteiger partial charge on any atom is -0.622 e. The van der Waals surface area contributed by atoms with Crippen LogP contribution in [-0.4, -0.2) is 59.8 Å². The molecule has 3 fully saturated rings. The molecule has 3 aliphatic rings. The molecule has 0 bridgehead atoms. The van der Waals surface area contributed by atoms with Crippen molar-refractivity contribution in [1.29, 1.82) is 0 Å². The van der Waals surface area contributed by atoms with E-state index < -0.39 is 23.9 Å². The van der Waals surface area contributed by atoms with E-state index in [4.69, 9.17) is 23.7 Å². The number of fused-ring (bicyclic) bond motifs is 1. The molecule has 7 nitrogen and oxygen atoms in total. The van der Waals surface area contributed by atoms with E-state index in [1.807, 2.05) is 27.7 Å². The Kier molecular flexibility index (Phi) is 3.53. The molecular formula is C14H23NO6. The maximum atomic E-state index is 12.0. The van der Waals surface area contributed by atoms with Crippen LogP contribution in [-0.2, 0) is 23.7 Å². The molecule has 0 spiro atoms. The second kappa shape index (κ2) is 4.89. The summed E-state index contributed by atoms with van der Waals surface area (Å²) >= 11 is 0. The number of nitrogens with zero attached hydrogens (tertiary/aromatic N) is 1. The van der Waals surface area contributed by atoms with Crippen LogP contribution >= 0.6 is 0 Å². The van der Waals surface area contributed by atoms with Crippen molar-refractivity contribution in [3.8, 4) is 0 Å². The van der Waals surface area contributed by atoms with Gasteiger partial charge in [-0.05, 0) is 27.7 Å². The molecule has 3 aliphatic heterocycles. The predicted molar refractivity (Wildman–Crippen MR) is 72.8 cm³/mol. The SMILES string of the molecule is C/C=[N+](\[O-])[C@@H]1O[C@H]([C@H]2COC(C)(C)O2)[C@@H]2OC(C)(C)O[C@@H]21. The summed E-state index contributed by atoms with van der Waals surface area (Å²) in [4.78, 5) is 0. The number of hydrogen-bond acceptors (Lipinski definition) is 6. The first-order valence-corrected chi connectivity index (χ1v) is 7.30. The maximum absolute atomic E-state index is 12.0. The van der Waals surface area contributed by atoms with Gasteiger partial charge in [-0.3, -0.25) is 0 Å². The van der Waals surface area contributed by atoms with Gasteiger partial charge in [0.2, 0.25) is 0 Å². The number of rotatable bonds is 2. The van der Waals surface area contributed by atoms with Gasteiger partial charge in [0, 0.05) is 6.92 Å². The molecule has 7 heteroatoms. The Morgan fingerprint density at radius 1 is 1.00 bits per heavy atom. The number of ether oxygens (including phenoxy) is 5. The van der Waals surface area contributed by atoms with Crippen molar-refractivity contribution in [3.05, 3.63) is 5.21 Å². The Labute approximate surface area is 124 Å². The van der Waals surface area contributed by atoms with Gasteiger partial charge in [0.05, 0.1) is 6.61 Å². The first-order chi connectivity index (χ1) is 9.72. The molecule has 3 saturated heterocycles. The van der Waals surface area contributed by atoms with E-state index >= 15 is 0 Å². The lowest BCUT2D eigenvalue weighted by Gasteiger charge is -2.26. The largest absolute Gasteiger partial charge is 0.622 e. The summed E-state index contributed by atoms with van der Waals surface area (Å²) in [6, 6.07) is 0. The molecule has 0 aromatic carbocycles. The molecule has 0 aromatic rings. The van der Waals surface area contributed by atoms with E-state index in [-0.39, 0.29) is 18.3 Å². The molecule has 0 saturated carbocycles. The molecule has 5 atom stereocenters. The third kappa shape index (κ3) is 2.68. The second-order valence-electron chi connectivity index (χ2n) is 6.54. The Hall–Kier alpha value is -0.730. The van der Waals surface area contributed by atoms with E-state index in [2.05, 4.69) is 0 Å². The molecule has 0 unspecified atom stereocenters. The maximum Gasteiger partial charge on any atom is 0.297 e. The Morgan fingerprint density at radius 3 is 2.24 bits per heavy atom. The highest BCUT2D eigenvalue weighted by Crippen LogP contribution is 2.42. The standard InChI is InChI=1S/C14H23NO6/c1-6-15(16)12-11-10(20-14(4,5)21-11)9(18-12)8-7-17-13(2,3)19-8/h6,8-12H,7H2,1-5H3/b15-6-/t8-,9-,10+,11+,12-/m1/s1. The van der Waals surface area contributed by atoms with Gasteiger partial charge in [0.1, 0.15) is 18.3 Å². The molecular weight excluding hydrogens is 278 g/mol. The fourth-order valence-electron chi connectivity index (χ4n) is 3.14. The summed E-state index contributed by atoms with van der Waals surface area (Å²) < 4.78 is 29.9. The van der Waals surface area contributed by atoms with Gasteiger partial charge in [0.25, 0.3) is 6.23 Å². The average molecular weight is 301 g/mol. The fraction of sp³-hybridized carbons (Fsp3) is 0.929. The molecule has 21 heavy (non-hydrogen) atoms. The van der Waals surface area contributed by atoms with Crippen molar-refractivity contribution in [1.82, 2.24) is 0 Å². The zero-order chi connectivity index (χ0) is 15.4. The average Bonchev–Trinajstić information content (AvgIpc) is 2.98. The first kappa shape index (κ1) is 15.2. The van der Waals surface area contributed by atoms with Crippen LogP contribution in [0.2, 0.25) is 0 Å². The molecule has 0 radical (unpaired) electrons. The highest BCUT2D eigenvalue weighted by atomic mass is 16.8. The molecule has 3 heterocycles. The van der Waals surface area contributed by atoms with Crippen LogP contribution < -0.4 is 0 Å². The van der Waals surface area contributed by atoms with Gasteiger partial charge >= 0.3 is 0 Å². The van der Waals surface area contributed by atoms with Crippen LogP contribution in [0.25, 0.3) is 0 Å². The van der Waals surface area contributed by atoms with Crippen molar-refractivity contribution in [3.63, 3.8) is 0 Å². The fourth-order valence-corrected chi connectivity index (χ4v) is 3.14. The number of hydroxylamine groups is 1. The van der Waals surface area contributed by atoms with Gasteiger partial charge < -0.3 is 28.9 Å². The third-order valence-corrected chi connectivity index (χ3v) is 3.97. The van der Waals surface area contributed by atoms with E-state index in [1.54, 1.807) is 6.92 Å². The summed E-state index contributed by atoms with van der Waals surface area (Å²) in [5.74, 6) is -1.39. The number of hydrogen-bond donors (Lipinski definition) is 0. The van der Waals surface area contributed by atoms with Crippen molar-refractivity contribution in [2.24, 2.45) is 0 Å². The lowest BCUT2D eigenvalue weighted by molar-refractivity contribution is -0.562. The lowest BCUT2D eigenvalue weighted by atomic mass is 10.1. The summed E-state index contributed by atoms with van der Waals surface area (Å²) in [6.07, 6.45) is -0.747. The Balaban J connectivity index is 1.82. The van der Waals surface area contributed by atoms with Gasteiger partial charge in [-0.1, -0.05) is 0 Å². The Morgan fingerprint density at radius 2 is 1.67 bits per heavy atom. The van der Waals surface area contributed by atoms with E-state index in [9.17, 15) is 5.21 Å². The smallest absolute Gasteiger partial charge is 0.297 e. The van der Waals surface area contributed by atoms with E-state index in [0.717, 1.165) is 4.74 Å². The minimum atomic E-state index is -0.737. The first-order valence-electron chi connectivity index (χ1n) is 7.30. The summed E-state index contributed by atoms with van der Waals surface area (Å²) in [7, 11) is 0. The molecule has 0 aromatic heterocycles. The van der Waals surface area contributed by atoms with Crippen LogP contribution in [0.1, 0.15) is 34.6 Å². The summed E-state index contributed by atoms with van der Waals surface area (Å²) in [6.45, 7) is 9.45.